The highest BCUT2D eigenvalue weighted by molar-refractivity contribution is 6.15. The van der Waals surface area contributed by atoms with E-state index in [2.05, 4.69) is 130 Å². The van der Waals surface area contributed by atoms with Crippen molar-refractivity contribution in [3.05, 3.63) is 127 Å². The first-order valence-electron chi connectivity index (χ1n) is 16.0. The number of para-hydroxylation sites is 3. The third kappa shape index (κ3) is 3.91. The van der Waals surface area contributed by atoms with Gasteiger partial charge in [-0.05, 0) is 88.2 Å². The number of carbonyl (C=O) groups is 1. The fraction of sp³-hybridized carbons (Fsp3) is 0.146. The number of benzene rings is 5. The molecule has 1 aliphatic rings. The van der Waals surface area contributed by atoms with Crippen molar-refractivity contribution in [2.24, 2.45) is 0 Å². The van der Waals surface area contributed by atoms with Crippen LogP contribution in [0.15, 0.2) is 115 Å². The highest BCUT2D eigenvalue weighted by Gasteiger charge is 2.25. The molecule has 0 saturated heterocycles. The first-order chi connectivity index (χ1) is 22.4. The fourth-order valence-electron chi connectivity index (χ4n) is 7.45. The molecule has 1 aliphatic carbocycles. The number of nitrogens with zero attached hydrogens (tertiary/aromatic N) is 3. The van der Waals surface area contributed by atoms with E-state index in [4.69, 9.17) is 4.74 Å². The molecule has 3 aromatic heterocycles. The Morgan fingerprint density at radius 1 is 0.609 bits per heavy atom. The van der Waals surface area contributed by atoms with E-state index in [9.17, 15) is 4.79 Å². The summed E-state index contributed by atoms with van der Waals surface area (Å²) in [5.74, 6) is 0. The van der Waals surface area contributed by atoms with Crippen LogP contribution in [0.1, 0.15) is 38.4 Å². The molecule has 5 heteroatoms. The van der Waals surface area contributed by atoms with E-state index in [-0.39, 0.29) is 6.09 Å². The fourth-order valence-corrected chi connectivity index (χ4v) is 7.45. The molecule has 0 radical (unpaired) electrons. The number of hydrogen-bond donors (Lipinski definition) is 0. The minimum Gasteiger partial charge on any atom is -0.443 e. The largest absolute Gasteiger partial charge is 0.443 e. The highest BCUT2D eigenvalue weighted by Crippen LogP contribution is 2.39. The van der Waals surface area contributed by atoms with Gasteiger partial charge in [-0.15, -0.1) is 0 Å². The molecule has 0 spiro atoms. The normalized spacial score (nSPS) is 13.4. The first kappa shape index (κ1) is 26.8. The molecule has 0 fully saturated rings. The van der Waals surface area contributed by atoms with Crippen molar-refractivity contribution in [1.29, 1.82) is 0 Å². The van der Waals surface area contributed by atoms with Crippen LogP contribution in [-0.2, 0) is 11.2 Å². The molecule has 9 rings (SSSR count). The van der Waals surface area contributed by atoms with Crippen molar-refractivity contribution < 1.29 is 9.53 Å². The van der Waals surface area contributed by atoms with Crippen molar-refractivity contribution >= 4 is 66.7 Å². The van der Waals surface area contributed by atoms with Crippen molar-refractivity contribution in [3.8, 4) is 11.4 Å². The van der Waals surface area contributed by atoms with Gasteiger partial charge >= 0.3 is 6.09 Å². The molecule has 0 saturated carbocycles. The molecule has 46 heavy (non-hydrogen) atoms. The van der Waals surface area contributed by atoms with Crippen LogP contribution in [0.5, 0.6) is 0 Å². The van der Waals surface area contributed by atoms with Gasteiger partial charge in [0.25, 0.3) is 0 Å². The molecule has 3 heterocycles. The lowest BCUT2D eigenvalue weighted by atomic mass is 10.0. The summed E-state index contributed by atoms with van der Waals surface area (Å²) in [5, 5.41) is 5.72. The molecule has 8 aromatic rings. The maximum absolute atomic E-state index is 13.8. The Bertz CT molecular complexity index is 2510. The second-order valence-electron chi connectivity index (χ2n) is 13.2. The van der Waals surface area contributed by atoms with Gasteiger partial charge in [-0.25, -0.2) is 9.36 Å². The molecule has 0 unspecified atom stereocenters. The first-order valence-corrected chi connectivity index (χ1v) is 16.0. The lowest BCUT2D eigenvalue weighted by Gasteiger charge is -2.20. The third-order valence-corrected chi connectivity index (χ3v) is 9.25. The van der Waals surface area contributed by atoms with E-state index >= 15 is 0 Å². The molecule has 0 N–H and O–H groups in total. The minimum atomic E-state index is -0.626. The molecule has 5 aromatic carbocycles. The Morgan fingerprint density at radius 2 is 1.13 bits per heavy atom. The zero-order valence-electron chi connectivity index (χ0n) is 26.1. The third-order valence-electron chi connectivity index (χ3n) is 9.25. The van der Waals surface area contributed by atoms with Gasteiger partial charge in [-0.3, -0.25) is 0 Å². The Balaban J connectivity index is 1.34. The monoisotopic (exact) mass is 599 g/mol. The maximum Gasteiger partial charge on any atom is 0.419 e. The molecule has 0 aliphatic heterocycles. The van der Waals surface area contributed by atoms with Gasteiger partial charge in [-0.1, -0.05) is 66.7 Å². The molecule has 0 atom stereocenters. The second kappa shape index (κ2) is 9.72. The Morgan fingerprint density at radius 3 is 1.72 bits per heavy atom. The smallest absolute Gasteiger partial charge is 0.419 e. The summed E-state index contributed by atoms with van der Waals surface area (Å²) in [6.45, 7) is 5.73. The second-order valence-corrected chi connectivity index (χ2v) is 13.2. The Kier molecular flexibility index (Phi) is 5.67. The van der Waals surface area contributed by atoms with Crippen molar-refractivity contribution in [3.63, 3.8) is 0 Å². The van der Waals surface area contributed by atoms with Gasteiger partial charge in [0, 0.05) is 49.6 Å². The van der Waals surface area contributed by atoms with Crippen LogP contribution < -0.4 is 0 Å². The zero-order chi connectivity index (χ0) is 31.2. The number of aromatic nitrogens is 3. The summed E-state index contributed by atoms with van der Waals surface area (Å²) < 4.78 is 12.4. The number of hydrogen-bond acceptors (Lipinski definition) is 2. The summed E-state index contributed by atoms with van der Waals surface area (Å²) in [6, 6.07) is 38.6. The van der Waals surface area contributed by atoms with E-state index in [1.165, 1.54) is 32.9 Å². The number of carbonyl (C=O) groups excluding carboxylic acids is 1. The summed E-state index contributed by atoms with van der Waals surface area (Å²) in [4.78, 5) is 13.8. The van der Waals surface area contributed by atoms with Crippen LogP contribution in [0.25, 0.3) is 72.0 Å². The van der Waals surface area contributed by atoms with E-state index in [0.29, 0.717) is 0 Å². The summed E-state index contributed by atoms with van der Waals surface area (Å²) in [5.41, 5.74) is 9.29. The average Bonchev–Trinajstić information content (AvgIpc) is 3.69. The average molecular weight is 600 g/mol. The molecule has 224 valence electrons. The highest BCUT2D eigenvalue weighted by atomic mass is 16.6. The standard InChI is InChI=1S/C41H33N3O2/c1-41(2,3)46-40(45)44-38-22-20-26(42-34-16-8-4-12-28(34)29-13-5-9-17-35(29)42)24-32(38)33-25-27(21-23-39(33)44)43-36-18-10-6-14-30(36)31-15-7-11-19-37(31)43/h4-10,12-18,20-25H,11,19H2,1-3H3. The molecule has 0 bridgehead atoms. The van der Waals surface area contributed by atoms with Gasteiger partial charge in [0.2, 0.25) is 0 Å². The summed E-state index contributed by atoms with van der Waals surface area (Å²) in [7, 11) is 0. The quantitative estimate of drug-likeness (QED) is 0.198. The lowest BCUT2D eigenvalue weighted by molar-refractivity contribution is 0.0551. The van der Waals surface area contributed by atoms with Crippen LogP contribution in [0.3, 0.4) is 0 Å². The van der Waals surface area contributed by atoms with Crippen molar-refractivity contribution in [2.75, 3.05) is 0 Å². The Labute approximate surface area is 266 Å². The van der Waals surface area contributed by atoms with Crippen LogP contribution in [0.2, 0.25) is 0 Å². The topological polar surface area (TPSA) is 41.1 Å². The summed E-state index contributed by atoms with van der Waals surface area (Å²) >= 11 is 0. The van der Waals surface area contributed by atoms with E-state index in [0.717, 1.165) is 57.1 Å². The van der Waals surface area contributed by atoms with Crippen LogP contribution in [0, 0.1) is 0 Å². The van der Waals surface area contributed by atoms with Gasteiger partial charge in [0.05, 0.1) is 27.6 Å². The predicted octanol–water partition coefficient (Wildman–Crippen LogP) is 10.6. The Hall–Kier alpha value is -5.55. The number of ether oxygens (including phenoxy) is 1. The van der Waals surface area contributed by atoms with E-state index in [1.54, 1.807) is 4.57 Å². The van der Waals surface area contributed by atoms with Crippen LogP contribution in [-0.4, -0.2) is 25.4 Å². The van der Waals surface area contributed by atoms with Gasteiger partial charge in [-0.2, -0.15) is 0 Å². The molecular weight excluding hydrogens is 566 g/mol. The van der Waals surface area contributed by atoms with Gasteiger partial charge < -0.3 is 13.9 Å². The summed E-state index contributed by atoms with van der Waals surface area (Å²) in [6.07, 6.45) is 6.16. The predicted molar refractivity (Wildman–Crippen MR) is 190 cm³/mol. The molecular formula is C41H33N3O2. The minimum absolute atomic E-state index is 0.376. The van der Waals surface area contributed by atoms with E-state index < -0.39 is 5.60 Å². The van der Waals surface area contributed by atoms with Crippen LogP contribution >= 0.6 is 0 Å². The molecule has 0 amide bonds. The van der Waals surface area contributed by atoms with E-state index in [1.807, 2.05) is 20.8 Å². The zero-order valence-corrected chi connectivity index (χ0v) is 26.1. The SMILES string of the molecule is CC(C)(C)OC(=O)n1c2ccc(-n3c4c(c5ccccc53)C=CCC4)cc2c2cc(-n3c4ccccc4c4ccccc43)ccc21. The van der Waals surface area contributed by atoms with Crippen LogP contribution in [0.4, 0.5) is 4.79 Å². The number of allylic oxidation sites excluding steroid dienone is 1. The van der Waals surface area contributed by atoms with Gasteiger partial charge in [0.15, 0.2) is 0 Å². The van der Waals surface area contributed by atoms with Crippen molar-refractivity contribution in [1.82, 2.24) is 13.7 Å². The lowest BCUT2D eigenvalue weighted by Crippen LogP contribution is -2.27. The van der Waals surface area contributed by atoms with Crippen molar-refractivity contribution in [2.45, 2.75) is 39.2 Å². The number of rotatable bonds is 2. The number of fused-ring (bicyclic) bond motifs is 9. The molecule has 5 nitrogen and oxygen atoms in total. The maximum atomic E-state index is 13.8. The van der Waals surface area contributed by atoms with Gasteiger partial charge in [0.1, 0.15) is 5.60 Å².